The molecule has 2 aromatic rings. The highest BCUT2D eigenvalue weighted by molar-refractivity contribution is 5.95. The molecule has 126 valence electrons. The van der Waals surface area contributed by atoms with Crippen molar-refractivity contribution in [2.75, 3.05) is 31.6 Å². The van der Waals surface area contributed by atoms with E-state index in [4.69, 9.17) is 10.5 Å². The summed E-state index contributed by atoms with van der Waals surface area (Å²) in [4.78, 5) is 14.6. The van der Waals surface area contributed by atoms with Gasteiger partial charge in [0.25, 0.3) is 0 Å². The molecule has 0 spiro atoms. The summed E-state index contributed by atoms with van der Waals surface area (Å²) in [7, 11) is 0. The molecule has 1 saturated heterocycles. The zero-order valence-corrected chi connectivity index (χ0v) is 13.7. The molecule has 1 unspecified atom stereocenters. The fraction of sp³-hybridized carbons (Fsp3) is 0.316. The van der Waals surface area contributed by atoms with Gasteiger partial charge >= 0.3 is 0 Å². The van der Waals surface area contributed by atoms with E-state index in [0.29, 0.717) is 0 Å². The number of nitrogens with two attached hydrogens (primary N) is 1. The summed E-state index contributed by atoms with van der Waals surface area (Å²) in [5.74, 6) is -0.206. The highest BCUT2D eigenvalue weighted by atomic mass is 16.5. The molecule has 1 heterocycles. The molecule has 2 aromatic carbocycles. The maximum absolute atomic E-state index is 12.3. The normalized spacial score (nSPS) is 16.5. The molecule has 5 nitrogen and oxygen atoms in total. The number of amides is 1. The number of rotatable bonds is 5. The summed E-state index contributed by atoms with van der Waals surface area (Å²) in [6, 6.07) is 16.6. The number of benzene rings is 2. The second-order valence-corrected chi connectivity index (χ2v) is 5.96. The van der Waals surface area contributed by atoms with Crippen LogP contribution in [0.15, 0.2) is 54.6 Å². The Labute approximate surface area is 142 Å². The van der Waals surface area contributed by atoms with Crippen molar-refractivity contribution in [1.29, 1.82) is 0 Å². The average molecular weight is 325 g/mol. The number of nitrogens with one attached hydrogen (secondary N) is 1. The van der Waals surface area contributed by atoms with E-state index < -0.39 is 6.04 Å². The number of carbonyl (C=O) groups is 1. The zero-order chi connectivity index (χ0) is 16.8. The average Bonchev–Trinajstić information content (AvgIpc) is 2.64. The van der Waals surface area contributed by atoms with Crippen LogP contribution in [0.3, 0.4) is 0 Å². The molecule has 24 heavy (non-hydrogen) atoms. The van der Waals surface area contributed by atoms with Gasteiger partial charge in [-0.1, -0.05) is 42.5 Å². The van der Waals surface area contributed by atoms with Crippen LogP contribution in [0.2, 0.25) is 0 Å². The lowest BCUT2D eigenvalue weighted by atomic mass is 10.1. The van der Waals surface area contributed by atoms with Crippen LogP contribution in [-0.4, -0.2) is 37.1 Å². The van der Waals surface area contributed by atoms with Gasteiger partial charge in [0.2, 0.25) is 5.91 Å². The van der Waals surface area contributed by atoms with E-state index in [0.717, 1.165) is 44.1 Å². The summed E-state index contributed by atoms with van der Waals surface area (Å²) in [6.07, 6.45) is 0. The van der Waals surface area contributed by atoms with Gasteiger partial charge in [-0.2, -0.15) is 0 Å². The quantitative estimate of drug-likeness (QED) is 0.884. The van der Waals surface area contributed by atoms with Crippen LogP contribution >= 0.6 is 0 Å². The van der Waals surface area contributed by atoms with E-state index >= 15 is 0 Å². The first-order valence-corrected chi connectivity index (χ1v) is 8.23. The van der Waals surface area contributed by atoms with Gasteiger partial charge in [0.1, 0.15) is 6.04 Å². The molecule has 3 N–H and O–H groups in total. The Morgan fingerprint density at radius 1 is 1.08 bits per heavy atom. The van der Waals surface area contributed by atoms with Gasteiger partial charge in [-0.15, -0.1) is 0 Å². The monoisotopic (exact) mass is 325 g/mol. The van der Waals surface area contributed by atoms with Gasteiger partial charge < -0.3 is 15.8 Å². The molecule has 0 aliphatic carbocycles. The third-order valence-electron chi connectivity index (χ3n) is 4.17. The number of hydrogen-bond donors (Lipinski definition) is 2. The fourth-order valence-electron chi connectivity index (χ4n) is 2.74. The van der Waals surface area contributed by atoms with Crippen molar-refractivity contribution in [2.24, 2.45) is 5.73 Å². The Balaban J connectivity index is 1.56. The number of carbonyl (C=O) groups excluding carboxylic acids is 1. The van der Waals surface area contributed by atoms with Crippen LogP contribution in [0.4, 0.5) is 5.69 Å². The number of anilines is 1. The van der Waals surface area contributed by atoms with Gasteiger partial charge in [0, 0.05) is 25.3 Å². The summed E-state index contributed by atoms with van der Waals surface area (Å²) in [5.41, 5.74) is 8.80. The maximum Gasteiger partial charge on any atom is 0.245 e. The SMILES string of the molecule is NC(C(=O)Nc1ccc(CN2CCOCC2)cc1)c1ccccc1. The minimum absolute atomic E-state index is 0.206. The summed E-state index contributed by atoms with van der Waals surface area (Å²) >= 11 is 0. The Hall–Kier alpha value is -2.21. The number of ether oxygens (including phenoxy) is 1. The molecule has 0 radical (unpaired) electrons. The van der Waals surface area contributed by atoms with Crippen LogP contribution in [0.1, 0.15) is 17.2 Å². The topological polar surface area (TPSA) is 67.6 Å². The first-order valence-electron chi connectivity index (χ1n) is 8.23. The van der Waals surface area contributed by atoms with Gasteiger partial charge in [-0.05, 0) is 23.3 Å². The molecule has 1 aliphatic rings. The Morgan fingerprint density at radius 2 is 1.75 bits per heavy atom. The van der Waals surface area contributed by atoms with Crippen molar-refractivity contribution < 1.29 is 9.53 Å². The Kier molecular flexibility index (Phi) is 5.59. The molecule has 0 aromatic heterocycles. The predicted molar refractivity (Wildman–Crippen MR) is 94.5 cm³/mol. The van der Waals surface area contributed by atoms with Crippen LogP contribution in [0, 0.1) is 0 Å². The first kappa shape index (κ1) is 16.6. The van der Waals surface area contributed by atoms with Crippen molar-refractivity contribution in [3.63, 3.8) is 0 Å². The van der Waals surface area contributed by atoms with Crippen molar-refractivity contribution in [1.82, 2.24) is 4.90 Å². The standard InChI is InChI=1S/C19H23N3O2/c20-18(16-4-2-1-3-5-16)19(23)21-17-8-6-15(7-9-17)14-22-10-12-24-13-11-22/h1-9,18H,10-14,20H2,(H,21,23). The predicted octanol–water partition coefficient (Wildman–Crippen LogP) is 2.16. The van der Waals surface area contributed by atoms with Crippen molar-refractivity contribution in [3.8, 4) is 0 Å². The minimum Gasteiger partial charge on any atom is -0.379 e. The molecule has 1 atom stereocenters. The zero-order valence-electron chi connectivity index (χ0n) is 13.7. The Bertz CT molecular complexity index is 652. The summed E-state index contributed by atoms with van der Waals surface area (Å²) in [6.45, 7) is 4.42. The fourth-order valence-corrected chi connectivity index (χ4v) is 2.74. The highest BCUT2D eigenvalue weighted by Crippen LogP contribution is 2.16. The van der Waals surface area contributed by atoms with Gasteiger partial charge in [-0.25, -0.2) is 0 Å². The second kappa shape index (κ2) is 8.06. The third kappa shape index (κ3) is 4.41. The lowest BCUT2D eigenvalue weighted by Crippen LogP contribution is -2.35. The number of hydrogen-bond acceptors (Lipinski definition) is 4. The number of morpholine rings is 1. The van der Waals surface area contributed by atoms with Crippen LogP contribution in [0.5, 0.6) is 0 Å². The Morgan fingerprint density at radius 3 is 2.42 bits per heavy atom. The highest BCUT2D eigenvalue weighted by Gasteiger charge is 2.15. The van der Waals surface area contributed by atoms with Crippen molar-refractivity contribution >= 4 is 11.6 Å². The molecular weight excluding hydrogens is 302 g/mol. The van der Waals surface area contributed by atoms with E-state index in [1.165, 1.54) is 5.56 Å². The maximum atomic E-state index is 12.3. The molecule has 1 aliphatic heterocycles. The van der Waals surface area contributed by atoms with E-state index in [-0.39, 0.29) is 5.91 Å². The van der Waals surface area contributed by atoms with Crippen LogP contribution in [0.25, 0.3) is 0 Å². The van der Waals surface area contributed by atoms with Gasteiger partial charge in [-0.3, -0.25) is 9.69 Å². The second-order valence-electron chi connectivity index (χ2n) is 5.96. The molecule has 5 heteroatoms. The largest absolute Gasteiger partial charge is 0.379 e. The van der Waals surface area contributed by atoms with Crippen LogP contribution in [-0.2, 0) is 16.1 Å². The molecule has 0 saturated carbocycles. The third-order valence-corrected chi connectivity index (χ3v) is 4.17. The van der Waals surface area contributed by atoms with Gasteiger partial charge in [0.05, 0.1) is 13.2 Å². The van der Waals surface area contributed by atoms with E-state index in [9.17, 15) is 4.79 Å². The van der Waals surface area contributed by atoms with Crippen molar-refractivity contribution in [2.45, 2.75) is 12.6 Å². The molecular formula is C19H23N3O2. The lowest BCUT2D eigenvalue weighted by molar-refractivity contribution is -0.117. The smallest absolute Gasteiger partial charge is 0.245 e. The van der Waals surface area contributed by atoms with E-state index in [2.05, 4.69) is 10.2 Å². The van der Waals surface area contributed by atoms with E-state index in [1.54, 1.807) is 0 Å². The molecule has 1 fully saturated rings. The van der Waals surface area contributed by atoms with Crippen molar-refractivity contribution in [3.05, 3.63) is 65.7 Å². The molecule has 0 bridgehead atoms. The summed E-state index contributed by atoms with van der Waals surface area (Å²) in [5, 5.41) is 2.87. The lowest BCUT2D eigenvalue weighted by Gasteiger charge is -2.26. The number of nitrogens with zero attached hydrogens (tertiary/aromatic N) is 1. The minimum atomic E-state index is -0.667. The van der Waals surface area contributed by atoms with E-state index in [1.807, 2.05) is 54.6 Å². The van der Waals surface area contributed by atoms with Gasteiger partial charge in [0.15, 0.2) is 0 Å². The molecule has 1 amide bonds. The van der Waals surface area contributed by atoms with Crippen LogP contribution < -0.4 is 11.1 Å². The molecule has 3 rings (SSSR count). The first-order chi connectivity index (χ1) is 11.7. The summed E-state index contributed by atoms with van der Waals surface area (Å²) < 4.78 is 5.36.